The highest BCUT2D eigenvalue weighted by molar-refractivity contribution is 7.89. The minimum absolute atomic E-state index is 0.107. The van der Waals surface area contributed by atoms with Crippen molar-refractivity contribution in [3.8, 4) is 5.75 Å². The highest BCUT2D eigenvalue weighted by atomic mass is 32.2. The van der Waals surface area contributed by atoms with Gasteiger partial charge in [0.15, 0.2) is 0 Å². The van der Waals surface area contributed by atoms with E-state index in [1.54, 1.807) is 20.1 Å². The molecule has 3 rings (SSSR count). The molecule has 4 nitrogen and oxygen atoms in total. The molecule has 0 fully saturated rings. The van der Waals surface area contributed by atoms with Crippen LogP contribution in [0.1, 0.15) is 16.0 Å². The summed E-state index contributed by atoms with van der Waals surface area (Å²) in [5.41, 5.74) is 1.14. The normalized spacial score (nSPS) is 11.7. The molecule has 2 aromatic carbocycles. The van der Waals surface area contributed by atoms with Gasteiger partial charge >= 0.3 is 0 Å². The van der Waals surface area contributed by atoms with Gasteiger partial charge < -0.3 is 4.74 Å². The minimum Gasteiger partial charge on any atom is -0.496 e. The Kier molecular flexibility index (Phi) is 5.94. The van der Waals surface area contributed by atoms with E-state index >= 15 is 0 Å². The van der Waals surface area contributed by atoms with Crippen LogP contribution in [0.2, 0.25) is 0 Å². The van der Waals surface area contributed by atoms with Crippen molar-refractivity contribution < 1.29 is 17.5 Å². The molecule has 0 aliphatic heterocycles. The number of para-hydroxylation sites is 1. The first-order chi connectivity index (χ1) is 12.9. The van der Waals surface area contributed by atoms with Crippen LogP contribution in [0, 0.1) is 12.7 Å². The summed E-state index contributed by atoms with van der Waals surface area (Å²) in [5.74, 6) is 0.167. The standard InChI is InChI=1S/C20H20FNO3S2/c1-15-12-17(21)9-10-20(15)27(23,24)22(14-18-7-5-11-26-18)13-16-6-3-4-8-19(16)25-2/h3-12H,13-14H2,1-2H3. The average molecular weight is 406 g/mol. The smallest absolute Gasteiger partial charge is 0.243 e. The lowest BCUT2D eigenvalue weighted by Gasteiger charge is -2.23. The summed E-state index contributed by atoms with van der Waals surface area (Å²) >= 11 is 1.49. The average Bonchev–Trinajstić information content (AvgIpc) is 3.14. The summed E-state index contributed by atoms with van der Waals surface area (Å²) in [4.78, 5) is 1.03. The van der Waals surface area contributed by atoms with E-state index < -0.39 is 15.8 Å². The van der Waals surface area contributed by atoms with E-state index in [2.05, 4.69) is 0 Å². The van der Waals surface area contributed by atoms with Crippen LogP contribution < -0.4 is 4.74 Å². The number of methoxy groups -OCH3 is 1. The van der Waals surface area contributed by atoms with Crippen molar-refractivity contribution in [3.05, 3.63) is 81.8 Å². The van der Waals surface area contributed by atoms with Gasteiger partial charge in [0.2, 0.25) is 10.0 Å². The Bertz CT molecular complexity index is 1020. The Labute approximate surface area is 162 Å². The molecule has 0 N–H and O–H groups in total. The van der Waals surface area contributed by atoms with Crippen LogP contribution in [-0.4, -0.2) is 19.8 Å². The highest BCUT2D eigenvalue weighted by Gasteiger charge is 2.27. The first-order valence-corrected chi connectivity index (χ1v) is 10.6. The lowest BCUT2D eigenvalue weighted by Crippen LogP contribution is -2.30. The molecular formula is C20H20FNO3S2. The van der Waals surface area contributed by atoms with Crippen LogP contribution in [0.15, 0.2) is 64.9 Å². The molecule has 0 bridgehead atoms. The van der Waals surface area contributed by atoms with E-state index in [0.717, 1.165) is 10.4 Å². The van der Waals surface area contributed by atoms with Crippen molar-refractivity contribution >= 4 is 21.4 Å². The number of aryl methyl sites for hydroxylation is 1. The Morgan fingerprint density at radius 2 is 1.85 bits per heavy atom. The van der Waals surface area contributed by atoms with Gasteiger partial charge in [-0.3, -0.25) is 0 Å². The second-order valence-corrected chi connectivity index (χ2v) is 9.01. The monoisotopic (exact) mass is 405 g/mol. The number of nitrogens with zero attached hydrogens (tertiary/aromatic N) is 1. The Hall–Kier alpha value is -2.22. The molecule has 27 heavy (non-hydrogen) atoms. The van der Waals surface area contributed by atoms with Crippen LogP contribution >= 0.6 is 11.3 Å². The number of thiophene rings is 1. The summed E-state index contributed by atoms with van der Waals surface area (Å²) in [5, 5.41) is 1.91. The maximum Gasteiger partial charge on any atom is 0.243 e. The second kappa shape index (κ2) is 8.21. The third kappa shape index (κ3) is 4.37. The molecule has 7 heteroatoms. The first-order valence-electron chi connectivity index (χ1n) is 8.32. The summed E-state index contributed by atoms with van der Waals surface area (Å²) in [7, 11) is -2.27. The fourth-order valence-corrected chi connectivity index (χ4v) is 5.27. The van der Waals surface area contributed by atoms with E-state index in [9.17, 15) is 12.8 Å². The number of sulfonamides is 1. The molecule has 1 heterocycles. The van der Waals surface area contributed by atoms with Gasteiger partial charge in [-0.15, -0.1) is 11.3 Å². The SMILES string of the molecule is COc1ccccc1CN(Cc1cccs1)S(=O)(=O)c1ccc(F)cc1C. The van der Waals surface area contributed by atoms with Gasteiger partial charge in [-0.05, 0) is 48.2 Å². The number of hydrogen-bond donors (Lipinski definition) is 0. The van der Waals surface area contributed by atoms with E-state index in [-0.39, 0.29) is 18.0 Å². The maximum atomic E-state index is 13.5. The molecule has 0 saturated carbocycles. The van der Waals surface area contributed by atoms with Crippen molar-refractivity contribution in [1.29, 1.82) is 0 Å². The molecule has 142 valence electrons. The number of rotatable bonds is 7. The lowest BCUT2D eigenvalue weighted by molar-refractivity contribution is 0.377. The number of ether oxygens (including phenoxy) is 1. The highest BCUT2D eigenvalue weighted by Crippen LogP contribution is 2.28. The van der Waals surface area contributed by atoms with Gasteiger partial charge in [0.05, 0.1) is 12.0 Å². The predicted octanol–water partition coefficient (Wildman–Crippen LogP) is 4.60. The molecule has 0 atom stereocenters. The molecule has 3 aromatic rings. The largest absolute Gasteiger partial charge is 0.496 e. The maximum absolute atomic E-state index is 13.5. The lowest BCUT2D eigenvalue weighted by atomic mass is 10.2. The van der Waals surface area contributed by atoms with Crippen LogP contribution in [0.4, 0.5) is 4.39 Å². The van der Waals surface area contributed by atoms with Crippen LogP contribution in [0.5, 0.6) is 5.75 Å². The third-order valence-corrected chi connectivity index (χ3v) is 7.02. The van der Waals surface area contributed by atoms with Crippen molar-refractivity contribution in [3.63, 3.8) is 0 Å². The zero-order valence-electron chi connectivity index (χ0n) is 15.1. The van der Waals surface area contributed by atoms with Crippen LogP contribution in [0.3, 0.4) is 0 Å². The van der Waals surface area contributed by atoms with Gasteiger partial charge in [0, 0.05) is 23.5 Å². The van der Waals surface area contributed by atoms with Gasteiger partial charge in [-0.25, -0.2) is 12.8 Å². The quantitative estimate of drug-likeness (QED) is 0.577. The topological polar surface area (TPSA) is 46.6 Å². The summed E-state index contributed by atoms with van der Waals surface area (Å²) in [6.45, 7) is 1.98. The fourth-order valence-electron chi connectivity index (χ4n) is 2.87. The van der Waals surface area contributed by atoms with Gasteiger partial charge in [0.1, 0.15) is 11.6 Å². The van der Waals surface area contributed by atoms with Crippen molar-refractivity contribution in [2.75, 3.05) is 7.11 Å². The molecule has 0 amide bonds. The Balaban J connectivity index is 2.03. The number of halogens is 1. The third-order valence-electron chi connectivity index (χ3n) is 4.21. The van der Waals surface area contributed by atoms with Crippen molar-refractivity contribution in [2.24, 2.45) is 0 Å². The number of hydrogen-bond acceptors (Lipinski definition) is 4. The summed E-state index contributed by atoms with van der Waals surface area (Å²) < 4.78 is 47.0. The molecule has 0 radical (unpaired) electrons. The fraction of sp³-hybridized carbons (Fsp3) is 0.200. The molecule has 0 aliphatic rings. The Morgan fingerprint density at radius 1 is 1.07 bits per heavy atom. The van der Waals surface area contributed by atoms with Crippen molar-refractivity contribution in [2.45, 2.75) is 24.9 Å². The van der Waals surface area contributed by atoms with E-state index in [1.165, 1.54) is 33.8 Å². The summed E-state index contributed by atoms with van der Waals surface area (Å²) in [6, 6.07) is 14.8. The first kappa shape index (κ1) is 19.5. The Morgan fingerprint density at radius 3 is 2.52 bits per heavy atom. The van der Waals surface area contributed by atoms with Crippen molar-refractivity contribution in [1.82, 2.24) is 4.31 Å². The van der Waals surface area contributed by atoms with E-state index in [0.29, 0.717) is 11.3 Å². The zero-order chi connectivity index (χ0) is 19.4. The molecule has 0 spiro atoms. The second-order valence-electron chi connectivity index (χ2n) is 6.07. The minimum atomic E-state index is -3.83. The van der Waals surface area contributed by atoms with E-state index in [4.69, 9.17) is 4.74 Å². The van der Waals surface area contributed by atoms with Crippen LogP contribution in [-0.2, 0) is 23.1 Å². The number of benzene rings is 2. The van der Waals surface area contributed by atoms with Gasteiger partial charge in [0.25, 0.3) is 0 Å². The molecule has 0 saturated heterocycles. The van der Waals surface area contributed by atoms with Crippen LogP contribution in [0.25, 0.3) is 0 Å². The molecule has 0 aliphatic carbocycles. The van der Waals surface area contributed by atoms with E-state index in [1.807, 2.05) is 35.7 Å². The van der Waals surface area contributed by atoms with Gasteiger partial charge in [-0.2, -0.15) is 4.31 Å². The molecular weight excluding hydrogens is 385 g/mol. The van der Waals surface area contributed by atoms with Gasteiger partial charge in [-0.1, -0.05) is 24.3 Å². The zero-order valence-corrected chi connectivity index (χ0v) is 16.7. The predicted molar refractivity (Wildman–Crippen MR) is 105 cm³/mol. The molecule has 1 aromatic heterocycles. The molecule has 0 unspecified atom stereocenters. The summed E-state index contributed by atoms with van der Waals surface area (Å²) in [6.07, 6.45) is 0.